The minimum Gasteiger partial charge on any atom is -0.324 e. The summed E-state index contributed by atoms with van der Waals surface area (Å²) < 4.78 is 0. The third-order valence-electron chi connectivity index (χ3n) is 4.72. The van der Waals surface area contributed by atoms with E-state index in [1.165, 1.54) is 11.3 Å². The number of likely N-dealkylation sites (N-methyl/N-ethyl adjacent to an activating group) is 1. The first kappa shape index (κ1) is 21.3. The summed E-state index contributed by atoms with van der Waals surface area (Å²) in [5.41, 5.74) is 1.70. The number of aromatic amines is 1. The number of hydrogen-bond donors (Lipinski definition) is 2. The number of amides is 1. The Morgan fingerprint density at radius 2 is 1.90 bits per heavy atom. The number of para-hydroxylation sites is 1. The molecule has 4 aromatic rings. The number of carbonyl (C=O) groups excluding carboxylic acids is 1. The van der Waals surface area contributed by atoms with E-state index >= 15 is 0 Å². The Hall–Kier alpha value is -2.94. The molecule has 2 aromatic heterocycles. The van der Waals surface area contributed by atoms with Crippen molar-refractivity contribution < 1.29 is 4.79 Å². The number of anilines is 1. The summed E-state index contributed by atoms with van der Waals surface area (Å²) in [6.07, 6.45) is 1.98. The number of benzene rings is 2. The molecule has 0 unspecified atom stereocenters. The van der Waals surface area contributed by atoms with Crippen molar-refractivity contribution in [3.63, 3.8) is 0 Å². The number of rotatable bonds is 7. The van der Waals surface area contributed by atoms with Crippen molar-refractivity contribution in [3.8, 4) is 10.4 Å². The molecule has 31 heavy (non-hydrogen) atoms. The molecule has 0 aliphatic carbocycles. The van der Waals surface area contributed by atoms with Crippen LogP contribution in [0.4, 0.5) is 5.69 Å². The van der Waals surface area contributed by atoms with E-state index in [1.807, 2.05) is 78.9 Å². The lowest BCUT2D eigenvalue weighted by molar-refractivity contribution is -0.117. The van der Waals surface area contributed by atoms with Gasteiger partial charge in [0, 0.05) is 9.77 Å². The molecule has 0 radical (unpaired) electrons. The average molecular weight is 451 g/mol. The third kappa shape index (κ3) is 5.04. The average Bonchev–Trinajstić information content (AvgIpc) is 3.19. The van der Waals surface area contributed by atoms with Crippen LogP contribution in [-0.4, -0.2) is 40.6 Å². The molecule has 6 nitrogen and oxygen atoms in total. The van der Waals surface area contributed by atoms with Gasteiger partial charge in [-0.3, -0.25) is 14.5 Å². The lowest BCUT2D eigenvalue weighted by Crippen LogP contribution is -2.31. The van der Waals surface area contributed by atoms with Crippen molar-refractivity contribution in [1.29, 1.82) is 0 Å². The molecule has 0 saturated carbocycles. The van der Waals surface area contributed by atoms with E-state index in [0.717, 1.165) is 21.0 Å². The number of thiophene rings is 1. The van der Waals surface area contributed by atoms with Gasteiger partial charge in [0.1, 0.15) is 10.7 Å². The highest BCUT2D eigenvalue weighted by molar-refractivity contribution is 7.98. The lowest BCUT2D eigenvalue weighted by Gasteiger charge is -2.16. The van der Waals surface area contributed by atoms with Gasteiger partial charge in [-0.05, 0) is 37.1 Å². The monoisotopic (exact) mass is 450 g/mol. The van der Waals surface area contributed by atoms with Crippen LogP contribution < -0.4 is 10.9 Å². The number of H-pyrrole nitrogens is 1. The summed E-state index contributed by atoms with van der Waals surface area (Å²) in [6, 6.07) is 19.5. The van der Waals surface area contributed by atoms with Crippen LogP contribution in [0.3, 0.4) is 0 Å². The molecule has 0 aliphatic heterocycles. The van der Waals surface area contributed by atoms with E-state index in [1.54, 1.807) is 11.8 Å². The quantitative estimate of drug-likeness (QED) is 0.407. The summed E-state index contributed by atoms with van der Waals surface area (Å²) in [5.74, 6) is 0.425. The van der Waals surface area contributed by atoms with E-state index in [4.69, 9.17) is 0 Å². The molecule has 8 heteroatoms. The zero-order valence-electron chi connectivity index (χ0n) is 17.2. The van der Waals surface area contributed by atoms with E-state index in [0.29, 0.717) is 22.6 Å². The molecular weight excluding hydrogens is 428 g/mol. The molecule has 1 amide bonds. The normalized spacial score (nSPS) is 11.2. The Balaban J connectivity index is 1.46. The SMILES string of the molecule is CSc1ccccc1NC(=O)CN(C)Cc1nc2sc(-c3ccccc3)cc2c(=O)[nH]1. The second-order valence-electron chi connectivity index (χ2n) is 7.13. The topological polar surface area (TPSA) is 78.1 Å². The molecule has 0 aliphatic rings. The van der Waals surface area contributed by atoms with Crippen LogP contribution in [0.2, 0.25) is 0 Å². The zero-order chi connectivity index (χ0) is 21.8. The van der Waals surface area contributed by atoms with Gasteiger partial charge in [-0.15, -0.1) is 23.1 Å². The predicted molar refractivity (Wildman–Crippen MR) is 129 cm³/mol. The molecule has 4 rings (SSSR count). The minimum absolute atomic E-state index is 0.116. The number of hydrogen-bond acceptors (Lipinski definition) is 6. The van der Waals surface area contributed by atoms with Gasteiger partial charge < -0.3 is 10.3 Å². The number of aromatic nitrogens is 2. The van der Waals surface area contributed by atoms with Crippen molar-refractivity contribution in [2.75, 3.05) is 25.2 Å². The molecule has 0 fully saturated rings. The molecule has 0 bridgehead atoms. The van der Waals surface area contributed by atoms with E-state index < -0.39 is 0 Å². The van der Waals surface area contributed by atoms with Gasteiger partial charge in [-0.2, -0.15) is 0 Å². The minimum atomic E-state index is -0.162. The summed E-state index contributed by atoms with van der Waals surface area (Å²) in [5, 5.41) is 3.53. The molecular formula is C23H22N4O2S2. The molecule has 2 aromatic carbocycles. The maximum Gasteiger partial charge on any atom is 0.259 e. The van der Waals surface area contributed by atoms with E-state index in [2.05, 4.69) is 15.3 Å². The first-order chi connectivity index (χ1) is 15.0. The predicted octanol–water partition coefficient (Wildman–Crippen LogP) is 4.44. The number of nitrogens with zero attached hydrogens (tertiary/aromatic N) is 2. The Kier molecular flexibility index (Phi) is 6.50. The standard InChI is InChI=1S/C23H22N4O2S2/c1-27(14-21(28)24-17-10-6-7-11-18(17)30-2)13-20-25-22(29)16-12-19(31-23(16)26-20)15-8-4-3-5-9-15/h3-12H,13-14H2,1-2H3,(H,24,28)(H,25,26,29). The van der Waals surface area contributed by atoms with Gasteiger partial charge in [-0.25, -0.2) is 4.98 Å². The van der Waals surface area contributed by atoms with Gasteiger partial charge in [-0.1, -0.05) is 42.5 Å². The first-order valence-electron chi connectivity index (χ1n) is 9.73. The van der Waals surface area contributed by atoms with Gasteiger partial charge in [0.25, 0.3) is 5.56 Å². The summed E-state index contributed by atoms with van der Waals surface area (Å²) in [7, 11) is 1.83. The summed E-state index contributed by atoms with van der Waals surface area (Å²) >= 11 is 3.08. The highest BCUT2D eigenvalue weighted by atomic mass is 32.2. The molecule has 0 saturated heterocycles. The van der Waals surface area contributed by atoms with E-state index in [9.17, 15) is 9.59 Å². The second kappa shape index (κ2) is 9.47. The summed E-state index contributed by atoms with van der Waals surface area (Å²) in [4.78, 5) is 37.1. The Morgan fingerprint density at radius 1 is 1.16 bits per heavy atom. The maximum atomic E-state index is 12.6. The van der Waals surface area contributed by atoms with Crippen molar-refractivity contribution in [1.82, 2.24) is 14.9 Å². The lowest BCUT2D eigenvalue weighted by atomic mass is 10.2. The van der Waals surface area contributed by atoms with Crippen molar-refractivity contribution in [2.24, 2.45) is 0 Å². The fourth-order valence-corrected chi connectivity index (χ4v) is 4.90. The largest absolute Gasteiger partial charge is 0.324 e. The third-order valence-corrected chi connectivity index (χ3v) is 6.60. The number of nitrogens with one attached hydrogen (secondary N) is 2. The fraction of sp³-hybridized carbons (Fsp3) is 0.174. The van der Waals surface area contributed by atoms with Gasteiger partial charge in [0.15, 0.2) is 0 Å². The Labute approximate surface area is 188 Å². The Morgan fingerprint density at radius 3 is 2.68 bits per heavy atom. The van der Waals surface area contributed by atoms with Crippen LogP contribution in [0.1, 0.15) is 5.82 Å². The number of thioether (sulfide) groups is 1. The van der Waals surface area contributed by atoms with Crippen LogP contribution >= 0.6 is 23.1 Å². The molecule has 158 valence electrons. The highest BCUT2D eigenvalue weighted by Gasteiger charge is 2.13. The number of fused-ring (bicyclic) bond motifs is 1. The van der Waals surface area contributed by atoms with Crippen LogP contribution in [0.5, 0.6) is 0 Å². The van der Waals surface area contributed by atoms with Crippen molar-refractivity contribution in [3.05, 3.63) is 76.8 Å². The second-order valence-corrected chi connectivity index (χ2v) is 9.01. The van der Waals surface area contributed by atoms with Crippen LogP contribution in [0.25, 0.3) is 20.7 Å². The highest BCUT2D eigenvalue weighted by Crippen LogP contribution is 2.30. The van der Waals surface area contributed by atoms with Crippen LogP contribution in [0.15, 0.2) is 70.4 Å². The maximum absolute atomic E-state index is 12.6. The van der Waals surface area contributed by atoms with Crippen LogP contribution in [-0.2, 0) is 11.3 Å². The summed E-state index contributed by atoms with van der Waals surface area (Å²) in [6.45, 7) is 0.547. The molecule has 2 heterocycles. The number of carbonyl (C=O) groups is 1. The molecule has 0 atom stereocenters. The van der Waals surface area contributed by atoms with Gasteiger partial charge >= 0.3 is 0 Å². The first-order valence-corrected chi connectivity index (χ1v) is 11.8. The van der Waals surface area contributed by atoms with Crippen LogP contribution in [0, 0.1) is 0 Å². The van der Waals surface area contributed by atoms with Gasteiger partial charge in [0.05, 0.1) is 24.2 Å². The smallest absolute Gasteiger partial charge is 0.259 e. The fourth-order valence-electron chi connectivity index (χ4n) is 3.29. The van der Waals surface area contributed by atoms with Crippen molar-refractivity contribution >= 4 is 44.9 Å². The molecule has 2 N–H and O–H groups in total. The van der Waals surface area contributed by atoms with E-state index in [-0.39, 0.29) is 18.0 Å². The molecule has 0 spiro atoms. The van der Waals surface area contributed by atoms with Gasteiger partial charge in [0.2, 0.25) is 5.91 Å². The van der Waals surface area contributed by atoms with Crippen molar-refractivity contribution in [2.45, 2.75) is 11.4 Å². The Bertz CT molecular complexity index is 1270. The zero-order valence-corrected chi connectivity index (χ0v) is 18.8.